The van der Waals surface area contributed by atoms with Crippen LogP contribution in [0.1, 0.15) is 6.42 Å². The maximum atomic E-state index is 9.31. The molecular weight excluding hydrogens is 172 g/mol. The summed E-state index contributed by atoms with van der Waals surface area (Å²) in [5.74, 6) is 0.0964. The Morgan fingerprint density at radius 1 is 1.62 bits per heavy atom. The minimum Gasteiger partial charge on any atom is -0.508 e. The van der Waals surface area contributed by atoms with E-state index in [0.717, 1.165) is 5.57 Å². The SMILES string of the molecule is COC1OC1C1=CC(O)=CC(O)C1. The molecule has 3 atom stereocenters. The van der Waals surface area contributed by atoms with E-state index in [9.17, 15) is 10.2 Å². The number of allylic oxidation sites excluding steroid dienone is 1. The molecule has 2 N–H and O–H groups in total. The van der Waals surface area contributed by atoms with Gasteiger partial charge in [0.05, 0.1) is 6.10 Å². The van der Waals surface area contributed by atoms with Crippen molar-refractivity contribution in [2.75, 3.05) is 7.11 Å². The molecule has 13 heavy (non-hydrogen) atoms. The van der Waals surface area contributed by atoms with Crippen LogP contribution >= 0.6 is 0 Å². The van der Waals surface area contributed by atoms with Crippen molar-refractivity contribution in [1.29, 1.82) is 0 Å². The molecule has 1 saturated heterocycles. The highest BCUT2D eigenvalue weighted by molar-refractivity contribution is 5.30. The van der Waals surface area contributed by atoms with Gasteiger partial charge < -0.3 is 19.7 Å². The smallest absolute Gasteiger partial charge is 0.188 e. The van der Waals surface area contributed by atoms with Crippen molar-refractivity contribution in [3.63, 3.8) is 0 Å². The molecule has 0 aromatic rings. The maximum Gasteiger partial charge on any atom is 0.188 e. The number of aliphatic hydroxyl groups is 2. The number of ether oxygens (including phenoxy) is 2. The van der Waals surface area contributed by atoms with Gasteiger partial charge in [-0.2, -0.15) is 0 Å². The van der Waals surface area contributed by atoms with Gasteiger partial charge in [-0.1, -0.05) is 0 Å². The van der Waals surface area contributed by atoms with E-state index in [4.69, 9.17) is 9.47 Å². The third kappa shape index (κ3) is 1.75. The molecule has 1 aliphatic heterocycles. The summed E-state index contributed by atoms with van der Waals surface area (Å²) < 4.78 is 10.1. The van der Waals surface area contributed by atoms with Crippen molar-refractivity contribution in [2.24, 2.45) is 0 Å². The van der Waals surface area contributed by atoms with E-state index >= 15 is 0 Å². The molecule has 72 valence electrons. The lowest BCUT2D eigenvalue weighted by molar-refractivity contribution is 0.0950. The van der Waals surface area contributed by atoms with Gasteiger partial charge in [-0.3, -0.25) is 0 Å². The highest BCUT2D eigenvalue weighted by atomic mass is 16.8. The lowest BCUT2D eigenvalue weighted by Gasteiger charge is -2.13. The van der Waals surface area contributed by atoms with Crippen LogP contribution < -0.4 is 0 Å². The minimum atomic E-state index is -0.610. The van der Waals surface area contributed by atoms with E-state index in [1.807, 2.05) is 0 Å². The summed E-state index contributed by atoms with van der Waals surface area (Å²) in [7, 11) is 1.57. The third-order valence-electron chi connectivity index (χ3n) is 2.19. The second-order valence-corrected chi connectivity index (χ2v) is 3.24. The molecule has 0 spiro atoms. The molecule has 4 heteroatoms. The summed E-state index contributed by atoms with van der Waals surface area (Å²) in [4.78, 5) is 0. The van der Waals surface area contributed by atoms with Crippen molar-refractivity contribution in [1.82, 2.24) is 0 Å². The second kappa shape index (κ2) is 3.14. The number of hydrogen-bond donors (Lipinski definition) is 2. The Morgan fingerprint density at radius 3 is 2.92 bits per heavy atom. The summed E-state index contributed by atoms with van der Waals surface area (Å²) in [5, 5.41) is 18.5. The zero-order valence-corrected chi connectivity index (χ0v) is 7.30. The first-order chi connectivity index (χ1) is 6.20. The predicted molar refractivity (Wildman–Crippen MR) is 45.1 cm³/mol. The largest absolute Gasteiger partial charge is 0.508 e. The lowest BCUT2D eigenvalue weighted by Crippen LogP contribution is -2.13. The number of rotatable bonds is 2. The Bertz CT molecular complexity index is 269. The molecule has 0 aromatic heterocycles. The number of hydrogen-bond acceptors (Lipinski definition) is 4. The first kappa shape index (κ1) is 8.74. The Hall–Kier alpha value is -0.840. The molecule has 0 amide bonds. The van der Waals surface area contributed by atoms with Crippen LogP contribution in [0.4, 0.5) is 0 Å². The van der Waals surface area contributed by atoms with E-state index < -0.39 is 6.10 Å². The van der Waals surface area contributed by atoms with Crippen molar-refractivity contribution in [2.45, 2.75) is 24.9 Å². The van der Waals surface area contributed by atoms with Crippen LogP contribution in [0.25, 0.3) is 0 Å². The van der Waals surface area contributed by atoms with Gasteiger partial charge in [0.2, 0.25) is 0 Å². The minimum absolute atomic E-state index is 0.0875. The summed E-state index contributed by atoms with van der Waals surface area (Å²) in [5.41, 5.74) is 0.888. The molecule has 0 aromatic carbocycles. The average Bonchev–Trinajstić information content (AvgIpc) is 2.80. The molecule has 0 saturated carbocycles. The Balaban J connectivity index is 2.05. The van der Waals surface area contributed by atoms with Crippen molar-refractivity contribution >= 4 is 0 Å². The van der Waals surface area contributed by atoms with E-state index in [2.05, 4.69) is 0 Å². The fourth-order valence-corrected chi connectivity index (χ4v) is 1.53. The molecule has 0 bridgehead atoms. The molecule has 2 aliphatic rings. The highest BCUT2D eigenvalue weighted by Gasteiger charge is 2.43. The van der Waals surface area contributed by atoms with Crippen molar-refractivity contribution in [3.8, 4) is 0 Å². The Kier molecular flexibility index (Phi) is 2.11. The Labute approximate surface area is 76.1 Å². The van der Waals surface area contributed by atoms with Gasteiger partial charge in [-0.05, 0) is 17.7 Å². The van der Waals surface area contributed by atoms with Crippen molar-refractivity contribution in [3.05, 3.63) is 23.5 Å². The van der Waals surface area contributed by atoms with Gasteiger partial charge in [0.1, 0.15) is 11.9 Å². The highest BCUT2D eigenvalue weighted by Crippen LogP contribution is 2.34. The zero-order valence-electron chi connectivity index (χ0n) is 7.30. The zero-order chi connectivity index (χ0) is 9.42. The Morgan fingerprint density at radius 2 is 2.38 bits per heavy atom. The molecule has 3 unspecified atom stereocenters. The fraction of sp³-hybridized carbons (Fsp3) is 0.556. The van der Waals surface area contributed by atoms with Crippen LogP contribution in [0.2, 0.25) is 0 Å². The van der Waals surface area contributed by atoms with E-state index in [1.165, 1.54) is 6.08 Å². The lowest BCUT2D eigenvalue weighted by atomic mass is 9.99. The third-order valence-corrected chi connectivity index (χ3v) is 2.19. The second-order valence-electron chi connectivity index (χ2n) is 3.24. The van der Waals surface area contributed by atoms with Gasteiger partial charge in [0.25, 0.3) is 0 Å². The average molecular weight is 184 g/mol. The quantitative estimate of drug-likeness (QED) is 0.613. The predicted octanol–water partition coefficient (Wildman–Crippen LogP) is 0.491. The standard InChI is InChI=1S/C9H12O4/c1-12-9-8(13-9)5-2-6(10)4-7(11)3-5/h2,4,7-11H,3H2,1H3. The summed E-state index contributed by atoms with van der Waals surface area (Å²) in [6.07, 6.45) is 2.64. The molecule has 2 rings (SSSR count). The van der Waals surface area contributed by atoms with E-state index in [0.29, 0.717) is 6.42 Å². The van der Waals surface area contributed by atoms with Gasteiger partial charge in [0, 0.05) is 13.5 Å². The van der Waals surface area contributed by atoms with Crippen LogP contribution in [0.15, 0.2) is 23.5 Å². The van der Waals surface area contributed by atoms with Gasteiger partial charge in [-0.25, -0.2) is 0 Å². The van der Waals surface area contributed by atoms with Gasteiger partial charge in [-0.15, -0.1) is 0 Å². The van der Waals surface area contributed by atoms with Crippen LogP contribution in [-0.4, -0.2) is 35.8 Å². The van der Waals surface area contributed by atoms with Crippen molar-refractivity contribution < 1.29 is 19.7 Å². The van der Waals surface area contributed by atoms with Crippen LogP contribution in [0.3, 0.4) is 0 Å². The summed E-state index contributed by atoms with van der Waals surface area (Å²) in [6, 6.07) is 0. The van der Waals surface area contributed by atoms with E-state index in [-0.39, 0.29) is 18.2 Å². The molecular formula is C9H12O4. The van der Waals surface area contributed by atoms with Crippen LogP contribution in [0.5, 0.6) is 0 Å². The summed E-state index contributed by atoms with van der Waals surface area (Å²) >= 11 is 0. The number of aliphatic hydroxyl groups excluding tert-OH is 2. The molecule has 4 nitrogen and oxygen atoms in total. The van der Waals surface area contributed by atoms with Crippen LogP contribution in [-0.2, 0) is 9.47 Å². The number of methoxy groups -OCH3 is 1. The first-order valence-corrected chi connectivity index (χ1v) is 4.18. The first-order valence-electron chi connectivity index (χ1n) is 4.18. The molecule has 1 fully saturated rings. The number of epoxide rings is 1. The summed E-state index contributed by atoms with van der Waals surface area (Å²) in [6.45, 7) is 0. The topological polar surface area (TPSA) is 62.2 Å². The molecule has 0 radical (unpaired) electrons. The fourth-order valence-electron chi connectivity index (χ4n) is 1.53. The normalized spacial score (nSPS) is 38.2. The van der Waals surface area contributed by atoms with E-state index in [1.54, 1.807) is 13.2 Å². The van der Waals surface area contributed by atoms with Crippen LogP contribution in [0, 0.1) is 0 Å². The van der Waals surface area contributed by atoms with Gasteiger partial charge >= 0.3 is 0 Å². The molecule has 1 heterocycles. The maximum absolute atomic E-state index is 9.31. The molecule has 1 aliphatic carbocycles. The monoisotopic (exact) mass is 184 g/mol. The van der Waals surface area contributed by atoms with Gasteiger partial charge in [0.15, 0.2) is 6.29 Å².